The van der Waals surface area contributed by atoms with Gasteiger partial charge in [-0.1, -0.05) is 12.1 Å². The van der Waals surface area contributed by atoms with Crippen LogP contribution in [0.4, 0.5) is 0 Å². The Balaban J connectivity index is 2.59. The van der Waals surface area contributed by atoms with Gasteiger partial charge in [-0.25, -0.2) is 13.1 Å². The van der Waals surface area contributed by atoms with Crippen LogP contribution in [0.2, 0.25) is 0 Å². The maximum atomic E-state index is 11.3. The van der Waals surface area contributed by atoms with E-state index in [4.69, 9.17) is 0 Å². The Morgan fingerprint density at radius 2 is 1.80 bits per heavy atom. The molecule has 114 valence electrons. The van der Waals surface area contributed by atoms with E-state index in [0.717, 1.165) is 0 Å². The van der Waals surface area contributed by atoms with E-state index in [-0.39, 0.29) is 6.04 Å². The van der Waals surface area contributed by atoms with Crippen LogP contribution in [0, 0.1) is 0 Å². The smallest absolute Gasteiger partial charge is 0.209 e. The molecule has 0 heterocycles. The number of hydrogen-bond donors (Lipinski definition) is 2. The van der Waals surface area contributed by atoms with Crippen LogP contribution >= 0.6 is 11.8 Å². The Hall–Kier alpha value is -0.560. The van der Waals surface area contributed by atoms with Gasteiger partial charge in [0.25, 0.3) is 0 Å². The fourth-order valence-electron chi connectivity index (χ4n) is 1.96. The Labute approximate surface area is 126 Å². The molecule has 2 N–H and O–H groups in total. The van der Waals surface area contributed by atoms with Crippen molar-refractivity contribution in [3.05, 3.63) is 29.8 Å². The second kappa shape index (κ2) is 6.93. The highest BCUT2D eigenvalue weighted by molar-refractivity contribution is 7.98. The molecule has 0 spiro atoms. The molecule has 0 aliphatic carbocycles. The molecule has 1 atom stereocenters. The van der Waals surface area contributed by atoms with Gasteiger partial charge in [0.2, 0.25) is 10.0 Å². The average molecular weight is 316 g/mol. The van der Waals surface area contributed by atoms with E-state index < -0.39 is 15.6 Å². The molecule has 0 aromatic heterocycles. The van der Waals surface area contributed by atoms with Gasteiger partial charge in [0, 0.05) is 23.0 Å². The molecule has 0 aliphatic rings. The maximum absolute atomic E-state index is 11.3. The highest BCUT2D eigenvalue weighted by Gasteiger charge is 2.22. The first-order valence-corrected chi connectivity index (χ1v) is 9.61. The molecule has 0 saturated heterocycles. The van der Waals surface area contributed by atoms with Gasteiger partial charge in [0.05, 0.1) is 6.26 Å². The van der Waals surface area contributed by atoms with Crippen molar-refractivity contribution in [2.24, 2.45) is 0 Å². The molecule has 0 amide bonds. The van der Waals surface area contributed by atoms with Crippen LogP contribution in [-0.4, -0.2) is 33.0 Å². The van der Waals surface area contributed by atoms with Crippen molar-refractivity contribution in [3.63, 3.8) is 0 Å². The Morgan fingerprint density at radius 3 is 2.25 bits per heavy atom. The molecule has 0 bridgehead atoms. The lowest BCUT2D eigenvalue weighted by molar-refractivity contribution is 0.399. The van der Waals surface area contributed by atoms with Crippen LogP contribution in [0.15, 0.2) is 29.2 Å². The quantitative estimate of drug-likeness (QED) is 0.758. The third kappa shape index (κ3) is 6.26. The summed E-state index contributed by atoms with van der Waals surface area (Å²) in [7, 11) is -3.20. The summed E-state index contributed by atoms with van der Waals surface area (Å²) in [5.41, 5.74) is 0.680. The topological polar surface area (TPSA) is 58.2 Å². The first-order chi connectivity index (χ1) is 9.13. The molecule has 0 radical (unpaired) electrons. The number of nitrogens with one attached hydrogen (secondary N) is 2. The first-order valence-electron chi connectivity index (χ1n) is 6.49. The Bertz CT molecular complexity index is 525. The number of rotatable bonds is 7. The lowest BCUT2D eigenvalue weighted by atomic mass is 10.0. The van der Waals surface area contributed by atoms with Crippen LogP contribution in [0.3, 0.4) is 0 Å². The van der Waals surface area contributed by atoms with Gasteiger partial charge < -0.3 is 5.32 Å². The molecule has 4 nitrogen and oxygen atoms in total. The van der Waals surface area contributed by atoms with E-state index in [0.29, 0.717) is 6.54 Å². The van der Waals surface area contributed by atoms with Gasteiger partial charge in [-0.05, 0) is 44.7 Å². The van der Waals surface area contributed by atoms with Gasteiger partial charge >= 0.3 is 0 Å². The summed E-state index contributed by atoms with van der Waals surface area (Å²) in [4.78, 5) is 1.24. The summed E-state index contributed by atoms with van der Waals surface area (Å²) in [6.45, 7) is 6.37. The zero-order valence-corrected chi connectivity index (χ0v) is 14.4. The predicted molar refractivity (Wildman–Crippen MR) is 86.7 cm³/mol. The summed E-state index contributed by atoms with van der Waals surface area (Å²) in [6.07, 6.45) is 3.23. The fourth-order valence-corrected chi connectivity index (χ4v) is 3.44. The van der Waals surface area contributed by atoms with Crippen molar-refractivity contribution in [2.75, 3.05) is 19.1 Å². The summed E-state index contributed by atoms with van der Waals surface area (Å²) in [6, 6.07) is 8.56. The second-order valence-corrected chi connectivity index (χ2v) is 8.26. The van der Waals surface area contributed by atoms with Crippen LogP contribution in [0.25, 0.3) is 0 Å². The van der Waals surface area contributed by atoms with E-state index >= 15 is 0 Å². The Kier molecular flexibility index (Phi) is 6.06. The van der Waals surface area contributed by atoms with E-state index in [1.807, 2.05) is 13.8 Å². The van der Waals surface area contributed by atoms with Crippen molar-refractivity contribution in [3.8, 4) is 0 Å². The van der Waals surface area contributed by atoms with Crippen molar-refractivity contribution in [1.82, 2.24) is 10.0 Å². The minimum Gasteiger partial charge on any atom is -0.308 e. The Morgan fingerprint density at radius 1 is 1.25 bits per heavy atom. The van der Waals surface area contributed by atoms with Crippen LogP contribution in [-0.2, 0) is 10.0 Å². The number of hydrogen-bond acceptors (Lipinski definition) is 4. The molecule has 20 heavy (non-hydrogen) atoms. The molecule has 1 rings (SSSR count). The van der Waals surface area contributed by atoms with Gasteiger partial charge in [0.1, 0.15) is 0 Å². The summed E-state index contributed by atoms with van der Waals surface area (Å²) < 4.78 is 25.2. The van der Waals surface area contributed by atoms with Crippen molar-refractivity contribution in [1.29, 1.82) is 0 Å². The van der Waals surface area contributed by atoms with Crippen LogP contribution < -0.4 is 10.0 Å². The molecular formula is C14H24N2O2S2. The SMILES string of the molecule is CSc1ccc(C(C)NCC(C)(C)NS(C)(=O)=O)cc1. The lowest BCUT2D eigenvalue weighted by Crippen LogP contribution is -2.50. The maximum Gasteiger partial charge on any atom is 0.209 e. The van der Waals surface area contributed by atoms with Crippen molar-refractivity contribution >= 4 is 21.8 Å². The average Bonchev–Trinajstić information content (AvgIpc) is 2.33. The highest BCUT2D eigenvalue weighted by Crippen LogP contribution is 2.19. The molecule has 1 unspecified atom stereocenters. The van der Waals surface area contributed by atoms with E-state index in [2.05, 4.69) is 47.5 Å². The molecule has 1 aromatic rings. The van der Waals surface area contributed by atoms with Crippen molar-refractivity contribution in [2.45, 2.75) is 37.2 Å². The third-order valence-electron chi connectivity index (χ3n) is 2.93. The van der Waals surface area contributed by atoms with Crippen LogP contribution in [0.1, 0.15) is 32.4 Å². The van der Waals surface area contributed by atoms with Crippen LogP contribution in [0.5, 0.6) is 0 Å². The molecule has 0 fully saturated rings. The standard InChI is InChI=1S/C14H24N2O2S2/c1-11(12-6-8-13(19-4)9-7-12)15-10-14(2,3)16-20(5,17)18/h6-9,11,15-16H,10H2,1-5H3. The molecule has 1 aromatic carbocycles. The second-order valence-electron chi connectivity index (χ2n) is 5.63. The third-order valence-corrected chi connectivity index (χ3v) is 4.59. The minimum atomic E-state index is -3.20. The normalized spacial score (nSPS) is 14.2. The van der Waals surface area contributed by atoms with E-state index in [9.17, 15) is 8.42 Å². The number of benzene rings is 1. The predicted octanol–water partition coefficient (Wildman–Crippen LogP) is 2.39. The van der Waals surface area contributed by atoms with Gasteiger partial charge in [-0.3, -0.25) is 0 Å². The largest absolute Gasteiger partial charge is 0.308 e. The summed E-state index contributed by atoms with van der Waals surface area (Å²) in [5, 5.41) is 3.37. The van der Waals surface area contributed by atoms with Gasteiger partial charge in [0.15, 0.2) is 0 Å². The highest BCUT2D eigenvalue weighted by atomic mass is 32.2. The molecule has 6 heteroatoms. The summed E-state index contributed by atoms with van der Waals surface area (Å²) >= 11 is 1.72. The fraction of sp³-hybridized carbons (Fsp3) is 0.571. The molecular weight excluding hydrogens is 292 g/mol. The first kappa shape index (κ1) is 17.5. The minimum absolute atomic E-state index is 0.173. The van der Waals surface area contributed by atoms with E-state index in [1.165, 1.54) is 16.7 Å². The lowest BCUT2D eigenvalue weighted by Gasteiger charge is -2.27. The molecule has 0 aliphatic heterocycles. The number of sulfonamides is 1. The summed E-state index contributed by atoms with van der Waals surface area (Å²) in [5.74, 6) is 0. The van der Waals surface area contributed by atoms with E-state index in [1.54, 1.807) is 11.8 Å². The monoisotopic (exact) mass is 316 g/mol. The zero-order valence-electron chi connectivity index (χ0n) is 12.7. The zero-order chi connectivity index (χ0) is 15.4. The van der Waals surface area contributed by atoms with Crippen molar-refractivity contribution < 1.29 is 8.42 Å². The molecule has 0 saturated carbocycles. The number of thioether (sulfide) groups is 1. The van der Waals surface area contributed by atoms with Gasteiger partial charge in [-0.2, -0.15) is 0 Å². The van der Waals surface area contributed by atoms with Gasteiger partial charge in [-0.15, -0.1) is 11.8 Å².